The molecule has 0 amide bonds. The van der Waals surface area contributed by atoms with Crippen LogP contribution in [0.2, 0.25) is 0 Å². The van der Waals surface area contributed by atoms with Gasteiger partial charge in [-0.15, -0.1) is 0 Å². The quantitative estimate of drug-likeness (QED) is 0.802. The highest BCUT2D eigenvalue weighted by atomic mass is 16.7. The summed E-state index contributed by atoms with van der Waals surface area (Å²) in [6.45, 7) is 0.870. The second-order valence-electron chi connectivity index (χ2n) is 4.94. The highest BCUT2D eigenvalue weighted by Gasteiger charge is 2.40. The number of benzene rings is 2. The van der Waals surface area contributed by atoms with Crippen LogP contribution in [0.5, 0.6) is 0 Å². The Bertz CT molecular complexity index is 516. The largest absolute Gasteiger partial charge is 0.345 e. The number of rotatable bonds is 3. The molecule has 0 spiro atoms. The summed E-state index contributed by atoms with van der Waals surface area (Å²) in [7, 11) is 0. The monoisotopic (exact) mass is 268 g/mol. The van der Waals surface area contributed by atoms with Crippen LogP contribution in [0.25, 0.3) is 0 Å². The van der Waals surface area contributed by atoms with Crippen molar-refractivity contribution in [3.8, 4) is 0 Å². The van der Waals surface area contributed by atoms with Gasteiger partial charge in [-0.25, -0.2) is 0 Å². The molecule has 0 N–H and O–H groups in total. The van der Waals surface area contributed by atoms with Gasteiger partial charge in [0.25, 0.3) is 0 Å². The van der Waals surface area contributed by atoms with Crippen LogP contribution in [-0.2, 0) is 19.7 Å². The Labute approximate surface area is 118 Å². The number of carbonyl (C=O) groups excluding carboxylic acids is 1. The molecule has 0 unspecified atom stereocenters. The van der Waals surface area contributed by atoms with Crippen LogP contribution in [0.1, 0.15) is 11.1 Å². The van der Waals surface area contributed by atoms with Crippen LogP contribution in [0.4, 0.5) is 0 Å². The summed E-state index contributed by atoms with van der Waals surface area (Å²) in [6.07, 6.45) is -0.0598. The molecular weight excluding hydrogens is 252 g/mol. The first-order valence-corrected chi connectivity index (χ1v) is 6.65. The average molecular weight is 268 g/mol. The molecule has 0 aliphatic carbocycles. The molecular formula is C17H16O3. The summed E-state index contributed by atoms with van der Waals surface area (Å²) in [5.41, 5.74) is 1.91. The van der Waals surface area contributed by atoms with Gasteiger partial charge in [0.05, 0.1) is 18.6 Å². The third kappa shape index (κ3) is 2.26. The van der Waals surface area contributed by atoms with Crippen LogP contribution in [0.3, 0.4) is 0 Å². The third-order valence-electron chi connectivity index (χ3n) is 3.75. The molecule has 2 aromatic rings. The lowest BCUT2D eigenvalue weighted by atomic mass is 9.75. The van der Waals surface area contributed by atoms with Crippen molar-refractivity contribution in [1.82, 2.24) is 0 Å². The van der Waals surface area contributed by atoms with Gasteiger partial charge in [0.1, 0.15) is 0 Å². The van der Waals surface area contributed by atoms with Crippen LogP contribution < -0.4 is 0 Å². The standard InChI is InChI=1S/C17H16O3/c18-11-16-19-12-17(13-20-16,14-7-3-1-4-8-14)15-9-5-2-6-10-15/h1-11,16H,12-13H2. The lowest BCUT2D eigenvalue weighted by Gasteiger charge is -2.39. The average Bonchev–Trinajstić information content (AvgIpc) is 2.56. The molecule has 2 aromatic carbocycles. The van der Waals surface area contributed by atoms with Gasteiger partial charge in [-0.05, 0) is 11.1 Å². The second-order valence-corrected chi connectivity index (χ2v) is 4.94. The fraction of sp³-hybridized carbons (Fsp3) is 0.235. The lowest BCUT2D eigenvalue weighted by Crippen LogP contribution is -2.46. The summed E-state index contributed by atoms with van der Waals surface area (Å²) in [4.78, 5) is 10.8. The maximum Gasteiger partial charge on any atom is 0.214 e. The van der Waals surface area contributed by atoms with Crippen LogP contribution >= 0.6 is 0 Å². The van der Waals surface area contributed by atoms with E-state index >= 15 is 0 Å². The van der Waals surface area contributed by atoms with E-state index in [1.54, 1.807) is 0 Å². The maximum absolute atomic E-state index is 10.8. The highest BCUT2D eigenvalue weighted by Crippen LogP contribution is 2.36. The van der Waals surface area contributed by atoms with Gasteiger partial charge in [-0.2, -0.15) is 0 Å². The van der Waals surface area contributed by atoms with Crippen LogP contribution in [0, 0.1) is 0 Å². The molecule has 0 saturated carbocycles. The molecule has 3 nitrogen and oxygen atoms in total. The zero-order valence-electron chi connectivity index (χ0n) is 11.1. The Kier molecular flexibility index (Phi) is 3.63. The maximum atomic E-state index is 10.8. The van der Waals surface area contributed by atoms with E-state index in [2.05, 4.69) is 24.3 Å². The van der Waals surface area contributed by atoms with Crippen molar-refractivity contribution < 1.29 is 14.3 Å². The van der Waals surface area contributed by atoms with Crippen molar-refractivity contribution in [2.45, 2.75) is 11.7 Å². The number of carbonyl (C=O) groups is 1. The number of hydrogen-bond donors (Lipinski definition) is 0. The fourth-order valence-electron chi connectivity index (χ4n) is 2.63. The lowest BCUT2D eigenvalue weighted by molar-refractivity contribution is -0.194. The Morgan fingerprint density at radius 2 is 1.30 bits per heavy atom. The third-order valence-corrected chi connectivity index (χ3v) is 3.75. The molecule has 3 rings (SSSR count). The van der Waals surface area contributed by atoms with Crippen molar-refractivity contribution in [3.63, 3.8) is 0 Å². The van der Waals surface area contributed by atoms with Gasteiger partial charge in [0.15, 0.2) is 6.29 Å². The number of hydrogen-bond acceptors (Lipinski definition) is 3. The molecule has 1 aliphatic heterocycles. The zero-order chi connectivity index (χ0) is 13.8. The molecule has 102 valence electrons. The summed E-state index contributed by atoms with van der Waals surface area (Å²) in [5.74, 6) is 0. The Morgan fingerprint density at radius 3 is 1.70 bits per heavy atom. The van der Waals surface area contributed by atoms with Crippen molar-refractivity contribution in [1.29, 1.82) is 0 Å². The van der Waals surface area contributed by atoms with Gasteiger partial charge < -0.3 is 9.47 Å². The van der Waals surface area contributed by atoms with Crippen molar-refractivity contribution >= 4 is 6.29 Å². The van der Waals surface area contributed by atoms with E-state index < -0.39 is 6.29 Å². The van der Waals surface area contributed by atoms with Crippen molar-refractivity contribution in [2.24, 2.45) is 0 Å². The number of aldehydes is 1. The van der Waals surface area contributed by atoms with Crippen LogP contribution in [0.15, 0.2) is 60.7 Å². The van der Waals surface area contributed by atoms with E-state index in [0.29, 0.717) is 19.5 Å². The molecule has 20 heavy (non-hydrogen) atoms. The van der Waals surface area contributed by atoms with Gasteiger partial charge >= 0.3 is 0 Å². The van der Waals surface area contributed by atoms with Gasteiger partial charge in [0, 0.05) is 0 Å². The van der Waals surface area contributed by atoms with Crippen LogP contribution in [-0.4, -0.2) is 25.8 Å². The topological polar surface area (TPSA) is 35.5 Å². The normalized spacial score (nSPS) is 18.6. The molecule has 1 fully saturated rings. The smallest absolute Gasteiger partial charge is 0.214 e. The van der Waals surface area contributed by atoms with E-state index in [-0.39, 0.29) is 5.41 Å². The zero-order valence-corrected chi connectivity index (χ0v) is 11.1. The summed E-state index contributed by atoms with van der Waals surface area (Å²) in [6, 6.07) is 20.3. The molecule has 1 saturated heterocycles. The summed E-state index contributed by atoms with van der Waals surface area (Å²) in [5, 5.41) is 0. The predicted octanol–water partition coefficient (Wildman–Crippen LogP) is 2.54. The van der Waals surface area contributed by atoms with E-state index in [4.69, 9.17) is 9.47 Å². The minimum absolute atomic E-state index is 0.359. The Hall–Kier alpha value is -1.97. The molecule has 0 atom stereocenters. The van der Waals surface area contributed by atoms with Gasteiger partial charge in [-0.3, -0.25) is 4.79 Å². The summed E-state index contributed by atoms with van der Waals surface area (Å²) >= 11 is 0. The first-order chi connectivity index (χ1) is 9.85. The first-order valence-electron chi connectivity index (χ1n) is 6.65. The van der Waals surface area contributed by atoms with Gasteiger partial charge in [-0.1, -0.05) is 60.7 Å². The Morgan fingerprint density at radius 1 is 0.850 bits per heavy atom. The Balaban J connectivity index is 2.03. The van der Waals surface area contributed by atoms with Crippen molar-refractivity contribution in [2.75, 3.05) is 13.2 Å². The highest BCUT2D eigenvalue weighted by molar-refractivity contribution is 5.54. The molecule has 0 bridgehead atoms. The molecule has 0 radical (unpaired) electrons. The minimum atomic E-state index is -0.754. The fourth-order valence-corrected chi connectivity index (χ4v) is 2.63. The SMILES string of the molecule is O=CC1OCC(c2ccccc2)(c2ccccc2)CO1. The van der Waals surface area contributed by atoms with E-state index in [1.165, 1.54) is 0 Å². The minimum Gasteiger partial charge on any atom is -0.345 e. The first kappa shape index (κ1) is 13.0. The van der Waals surface area contributed by atoms with Crippen molar-refractivity contribution in [3.05, 3.63) is 71.8 Å². The molecule has 1 heterocycles. The molecule has 3 heteroatoms. The predicted molar refractivity (Wildman–Crippen MR) is 75.4 cm³/mol. The van der Waals surface area contributed by atoms with E-state index in [9.17, 15) is 4.79 Å². The number of ether oxygens (including phenoxy) is 2. The second kappa shape index (κ2) is 5.57. The van der Waals surface area contributed by atoms with E-state index in [0.717, 1.165) is 11.1 Å². The van der Waals surface area contributed by atoms with Gasteiger partial charge in [0.2, 0.25) is 6.29 Å². The van der Waals surface area contributed by atoms with E-state index in [1.807, 2.05) is 36.4 Å². The summed E-state index contributed by atoms with van der Waals surface area (Å²) < 4.78 is 11.1. The molecule has 0 aromatic heterocycles. The molecule has 1 aliphatic rings.